The Morgan fingerprint density at radius 1 is 0.970 bits per heavy atom. The van der Waals surface area contributed by atoms with Gasteiger partial charge in [-0.25, -0.2) is 0 Å². The van der Waals surface area contributed by atoms with Gasteiger partial charge in [-0.15, -0.1) is 0 Å². The summed E-state index contributed by atoms with van der Waals surface area (Å²) in [5.74, 6) is 2.05. The molecule has 1 N–H and O–H groups in total. The zero-order valence-electron chi connectivity index (χ0n) is 19.3. The predicted octanol–water partition coefficient (Wildman–Crippen LogP) is 5.61. The van der Waals surface area contributed by atoms with Gasteiger partial charge in [-0.2, -0.15) is 0 Å². The van der Waals surface area contributed by atoms with Crippen LogP contribution in [0.3, 0.4) is 0 Å². The lowest BCUT2D eigenvalue weighted by molar-refractivity contribution is -0.185. The van der Waals surface area contributed by atoms with Crippen molar-refractivity contribution in [2.75, 3.05) is 38.7 Å². The van der Waals surface area contributed by atoms with Crippen LogP contribution in [0, 0.1) is 5.92 Å². The first-order valence-electron chi connectivity index (χ1n) is 12.2. The van der Waals surface area contributed by atoms with Gasteiger partial charge < -0.3 is 19.5 Å². The van der Waals surface area contributed by atoms with Crippen molar-refractivity contribution in [1.82, 2.24) is 4.90 Å². The van der Waals surface area contributed by atoms with E-state index in [2.05, 4.69) is 64.8 Å². The minimum Gasteiger partial charge on any atom is -0.493 e. The van der Waals surface area contributed by atoms with Gasteiger partial charge in [-0.3, -0.25) is 4.90 Å². The number of para-hydroxylation sites is 1. The lowest BCUT2D eigenvalue weighted by Crippen LogP contribution is -2.65. The maximum absolute atomic E-state index is 7.03. The van der Waals surface area contributed by atoms with Crippen LogP contribution >= 0.6 is 0 Å². The molecule has 172 valence electrons. The summed E-state index contributed by atoms with van der Waals surface area (Å²) in [5.41, 5.74) is 2.01. The largest absolute Gasteiger partial charge is 0.493 e. The molecule has 0 radical (unpaired) electrons. The second-order valence-corrected chi connectivity index (χ2v) is 9.46. The maximum Gasteiger partial charge on any atom is 0.169 e. The quantitative estimate of drug-likeness (QED) is 0.566. The fraction of sp³-hybridized carbons (Fsp3) is 0.429. The number of ether oxygens (including phenoxy) is 3. The standard InChI is InChI=1S/C28H32N2O3/c1-31-25-11-6-9-23-26(29-22-13-12-20-7-2-3-8-21(20)19-22)24-10-4-5-14-28(24,33-27(23)25)30-15-17-32-18-16-30/h2-3,6-9,11-13,19,24,26,29H,4-5,10,14-18H2,1H3. The van der Waals surface area contributed by atoms with Gasteiger partial charge >= 0.3 is 0 Å². The number of morpholine rings is 1. The van der Waals surface area contributed by atoms with Crippen LogP contribution in [0.4, 0.5) is 5.69 Å². The van der Waals surface area contributed by atoms with Crippen LogP contribution in [-0.2, 0) is 4.74 Å². The topological polar surface area (TPSA) is 43.0 Å². The average molecular weight is 445 g/mol. The molecule has 1 saturated heterocycles. The molecule has 0 aromatic heterocycles. The Bertz CT molecular complexity index is 1140. The van der Waals surface area contributed by atoms with Crippen LogP contribution < -0.4 is 14.8 Å². The molecule has 5 heteroatoms. The van der Waals surface area contributed by atoms with E-state index in [9.17, 15) is 0 Å². The monoisotopic (exact) mass is 444 g/mol. The first-order valence-corrected chi connectivity index (χ1v) is 12.2. The molecule has 5 nitrogen and oxygen atoms in total. The molecule has 1 saturated carbocycles. The molecule has 0 bridgehead atoms. The normalized spacial score (nSPS) is 27.3. The number of rotatable bonds is 4. The van der Waals surface area contributed by atoms with Crippen molar-refractivity contribution in [1.29, 1.82) is 0 Å². The smallest absolute Gasteiger partial charge is 0.169 e. The second kappa shape index (κ2) is 8.54. The molecule has 2 fully saturated rings. The van der Waals surface area contributed by atoms with E-state index in [1.54, 1.807) is 7.11 Å². The minimum absolute atomic E-state index is 0.146. The van der Waals surface area contributed by atoms with Gasteiger partial charge in [0.2, 0.25) is 0 Å². The Labute approximate surface area is 195 Å². The Balaban J connectivity index is 1.46. The van der Waals surface area contributed by atoms with E-state index in [1.807, 2.05) is 6.07 Å². The minimum atomic E-state index is -0.335. The number of methoxy groups -OCH3 is 1. The Morgan fingerprint density at radius 2 is 1.82 bits per heavy atom. The number of hydrogen-bond donors (Lipinski definition) is 1. The number of benzene rings is 3. The highest BCUT2D eigenvalue weighted by Crippen LogP contribution is 2.55. The first kappa shape index (κ1) is 20.8. The lowest BCUT2D eigenvalue weighted by atomic mass is 9.71. The third-order valence-electron chi connectivity index (χ3n) is 7.74. The van der Waals surface area contributed by atoms with Gasteiger partial charge in [0, 0.05) is 36.7 Å². The number of fused-ring (bicyclic) bond motifs is 3. The molecule has 3 unspecified atom stereocenters. The Morgan fingerprint density at radius 3 is 2.67 bits per heavy atom. The van der Waals surface area contributed by atoms with Crippen LogP contribution in [0.2, 0.25) is 0 Å². The number of anilines is 1. The van der Waals surface area contributed by atoms with Crippen molar-refractivity contribution in [3.05, 3.63) is 66.2 Å². The van der Waals surface area contributed by atoms with Gasteiger partial charge in [-0.1, -0.05) is 48.9 Å². The van der Waals surface area contributed by atoms with Crippen LogP contribution in [0.15, 0.2) is 60.7 Å². The Kier molecular flexibility index (Phi) is 5.39. The third kappa shape index (κ3) is 3.54. The lowest BCUT2D eigenvalue weighted by Gasteiger charge is -2.56. The van der Waals surface area contributed by atoms with Gasteiger partial charge in [0.1, 0.15) is 0 Å². The molecule has 3 aromatic carbocycles. The Hall–Kier alpha value is -2.76. The molecule has 3 aliphatic rings. The van der Waals surface area contributed by atoms with Gasteiger partial charge in [0.15, 0.2) is 17.2 Å². The number of hydrogen-bond acceptors (Lipinski definition) is 5. The van der Waals surface area contributed by atoms with Gasteiger partial charge in [-0.05, 0) is 41.8 Å². The summed E-state index contributed by atoms with van der Waals surface area (Å²) in [6.45, 7) is 3.34. The van der Waals surface area contributed by atoms with Crippen molar-refractivity contribution < 1.29 is 14.2 Å². The molecule has 6 rings (SSSR count). The molecule has 1 aliphatic carbocycles. The summed E-state index contributed by atoms with van der Waals surface area (Å²) in [7, 11) is 1.74. The zero-order valence-corrected chi connectivity index (χ0v) is 19.3. The van der Waals surface area contributed by atoms with Crippen molar-refractivity contribution in [2.24, 2.45) is 5.92 Å². The van der Waals surface area contributed by atoms with Crippen LogP contribution in [0.25, 0.3) is 10.8 Å². The highest BCUT2D eigenvalue weighted by molar-refractivity contribution is 5.85. The molecule has 0 amide bonds. The summed E-state index contributed by atoms with van der Waals surface area (Å²) in [4.78, 5) is 2.55. The second-order valence-electron chi connectivity index (χ2n) is 9.46. The third-order valence-corrected chi connectivity index (χ3v) is 7.74. The van der Waals surface area contributed by atoms with E-state index < -0.39 is 0 Å². The summed E-state index contributed by atoms with van der Waals surface area (Å²) >= 11 is 0. The highest BCUT2D eigenvalue weighted by Gasteiger charge is 2.55. The molecule has 0 spiro atoms. The van der Waals surface area contributed by atoms with E-state index in [0.717, 1.165) is 56.3 Å². The average Bonchev–Trinajstić information content (AvgIpc) is 2.88. The van der Waals surface area contributed by atoms with Crippen molar-refractivity contribution in [3.8, 4) is 11.5 Å². The van der Waals surface area contributed by atoms with Gasteiger partial charge in [0.25, 0.3) is 0 Å². The summed E-state index contributed by atoms with van der Waals surface area (Å²) in [6, 6.07) is 21.7. The molecule has 2 aliphatic heterocycles. The van der Waals surface area contributed by atoms with Crippen LogP contribution in [0.5, 0.6) is 11.5 Å². The summed E-state index contributed by atoms with van der Waals surface area (Å²) in [6.07, 6.45) is 4.58. The van der Waals surface area contributed by atoms with E-state index >= 15 is 0 Å². The van der Waals surface area contributed by atoms with Crippen LogP contribution in [-0.4, -0.2) is 44.0 Å². The summed E-state index contributed by atoms with van der Waals surface area (Å²) < 4.78 is 18.5. The van der Waals surface area contributed by atoms with Crippen molar-refractivity contribution in [3.63, 3.8) is 0 Å². The van der Waals surface area contributed by atoms with Gasteiger partial charge in [0.05, 0.1) is 26.4 Å². The van der Waals surface area contributed by atoms with Crippen LogP contribution in [0.1, 0.15) is 37.3 Å². The summed E-state index contributed by atoms with van der Waals surface area (Å²) in [5, 5.41) is 6.46. The van der Waals surface area contributed by atoms with E-state index in [-0.39, 0.29) is 11.8 Å². The van der Waals surface area contributed by atoms with Crippen molar-refractivity contribution in [2.45, 2.75) is 37.5 Å². The van der Waals surface area contributed by atoms with E-state index in [1.165, 1.54) is 29.2 Å². The highest BCUT2D eigenvalue weighted by atomic mass is 16.5. The number of nitrogens with one attached hydrogen (secondary N) is 1. The SMILES string of the molecule is COc1cccc2c1OC1(N3CCOCC3)CCCCC1C2Nc1ccc2ccccc2c1. The molecule has 33 heavy (non-hydrogen) atoms. The molecule has 2 heterocycles. The molecular formula is C28H32N2O3. The maximum atomic E-state index is 7.03. The molecule has 3 aromatic rings. The van der Waals surface area contributed by atoms with Crippen molar-refractivity contribution >= 4 is 16.5 Å². The molecule has 3 atom stereocenters. The predicted molar refractivity (Wildman–Crippen MR) is 131 cm³/mol. The number of nitrogens with zero attached hydrogens (tertiary/aromatic N) is 1. The fourth-order valence-electron chi connectivity index (χ4n) is 6.18. The molecular weight excluding hydrogens is 412 g/mol. The van der Waals surface area contributed by atoms with E-state index in [4.69, 9.17) is 14.2 Å². The first-order chi connectivity index (χ1) is 16.3. The fourth-order valence-corrected chi connectivity index (χ4v) is 6.18. The van der Waals surface area contributed by atoms with E-state index in [0.29, 0.717) is 5.92 Å². The zero-order chi connectivity index (χ0) is 22.3.